The molecule has 5 N–H and O–H groups in total. The van der Waals surface area contributed by atoms with Crippen LogP contribution in [0.3, 0.4) is 0 Å². The Labute approximate surface area is 188 Å². The highest BCUT2D eigenvalue weighted by atomic mass is 16.5. The lowest BCUT2D eigenvalue weighted by Crippen LogP contribution is -2.46. The van der Waals surface area contributed by atoms with E-state index in [1.165, 1.54) is 0 Å². The smallest absolute Gasteiger partial charge is 0.316 e. The average Bonchev–Trinajstić information content (AvgIpc) is 3.31. The van der Waals surface area contributed by atoms with Crippen LogP contribution in [-0.4, -0.2) is 70.5 Å². The molecule has 9 nitrogen and oxygen atoms in total. The molecule has 0 bridgehead atoms. The third kappa shape index (κ3) is 5.28. The number of likely N-dealkylation sites (tertiary alicyclic amines) is 2. The quantitative estimate of drug-likeness (QED) is 0.555. The predicted octanol–water partition coefficient (Wildman–Crippen LogP) is 1.35. The molecule has 32 heavy (non-hydrogen) atoms. The van der Waals surface area contributed by atoms with E-state index in [2.05, 4.69) is 26.8 Å². The van der Waals surface area contributed by atoms with Gasteiger partial charge in [0.25, 0.3) is 0 Å². The van der Waals surface area contributed by atoms with Gasteiger partial charge in [-0.25, -0.2) is 9.97 Å². The van der Waals surface area contributed by atoms with Crippen molar-refractivity contribution in [3.63, 3.8) is 0 Å². The van der Waals surface area contributed by atoms with Crippen LogP contribution in [0.4, 0.5) is 11.4 Å². The summed E-state index contributed by atoms with van der Waals surface area (Å²) in [7, 11) is 0. The highest BCUT2D eigenvalue weighted by Crippen LogP contribution is 2.23. The highest BCUT2D eigenvalue weighted by Gasteiger charge is 2.33. The molecule has 0 aliphatic carbocycles. The summed E-state index contributed by atoms with van der Waals surface area (Å²) in [6.45, 7) is 7.67. The predicted molar refractivity (Wildman–Crippen MR) is 125 cm³/mol. The molecule has 1 amide bonds. The number of benzene rings is 1. The maximum Gasteiger partial charge on any atom is 0.316 e. The van der Waals surface area contributed by atoms with Crippen molar-refractivity contribution in [3.8, 4) is 6.01 Å². The number of nitrogens with one attached hydrogen (secondary N) is 1. The second kappa shape index (κ2) is 9.86. The van der Waals surface area contributed by atoms with E-state index in [-0.39, 0.29) is 18.6 Å². The Morgan fingerprint density at radius 3 is 2.59 bits per heavy atom. The number of carbonyl (C=O) groups is 1. The summed E-state index contributed by atoms with van der Waals surface area (Å²) in [5.41, 5.74) is 14.1. The van der Waals surface area contributed by atoms with Crippen LogP contribution in [0.2, 0.25) is 0 Å². The van der Waals surface area contributed by atoms with E-state index in [4.69, 9.17) is 16.2 Å². The Morgan fingerprint density at radius 1 is 1.12 bits per heavy atom. The van der Waals surface area contributed by atoms with Crippen molar-refractivity contribution >= 4 is 23.0 Å². The molecular formula is C23H31N7O2. The number of ether oxygens (including phenoxy) is 1. The second-order valence-corrected chi connectivity index (χ2v) is 8.34. The molecule has 0 radical (unpaired) electrons. The Kier molecular flexibility index (Phi) is 6.75. The molecule has 1 aromatic heterocycles. The Morgan fingerprint density at radius 2 is 1.88 bits per heavy atom. The van der Waals surface area contributed by atoms with Crippen molar-refractivity contribution in [3.05, 3.63) is 48.8 Å². The maximum absolute atomic E-state index is 12.7. The lowest BCUT2D eigenvalue weighted by atomic mass is 10.1. The number of amides is 1. The number of nitrogens with zero attached hydrogens (tertiary/aromatic N) is 4. The van der Waals surface area contributed by atoms with Gasteiger partial charge in [-0.05, 0) is 43.0 Å². The molecule has 2 aliphatic heterocycles. The summed E-state index contributed by atoms with van der Waals surface area (Å²) in [6, 6.07) is 7.97. The van der Waals surface area contributed by atoms with Gasteiger partial charge in [-0.2, -0.15) is 0 Å². The fraction of sp³-hybridized carbons (Fsp3) is 0.435. The van der Waals surface area contributed by atoms with E-state index in [1.54, 1.807) is 30.6 Å². The average molecular weight is 438 g/mol. The molecule has 2 saturated heterocycles. The third-order valence-electron chi connectivity index (χ3n) is 6.21. The van der Waals surface area contributed by atoms with Crippen LogP contribution in [0, 0.1) is 0 Å². The summed E-state index contributed by atoms with van der Waals surface area (Å²) in [5.74, 6) is 0.0801. The zero-order valence-corrected chi connectivity index (χ0v) is 18.2. The number of nitrogens with two attached hydrogens (primary N) is 2. The van der Waals surface area contributed by atoms with Crippen molar-refractivity contribution in [1.82, 2.24) is 25.1 Å². The van der Waals surface area contributed by atoms with Gasteiger partial charge in [-0.3, -0.25) is 9.69 Å². The van der Waals surface area contributed by atoms with E-state index >= 15 is 0 Å². The largest absolute Gasteiger partial charge is 0.460 e. The minimum absolute atomic E-state index is 0.0801. The van der Waals surface area contributed by atoms with E-state index < -0.39 is 0 Å². The normalized spacial score (nSPS) is 19.6. The van der Waals surface area contributed by atoms with E-state index in [9.17, 15) is 4.79 Å². The number of carbonyl (C=O) groups excluding carboxylic acids is 1. The fourth-order valence-electron chi connectivity index (χ4n) is 4.28. The number of hydrogen-bond acceptors (Lipinski definition) is 8. The van der Waals surface area contributed by atoms with Crippen LogP contribution in [-0.2, 0) is 4.79 Å². The maximum atomic E-state index is 12.7. The summed E-state index contributed by atoms with van der Waals surface area (Å²) in [4.78, 5) is 25.4. The molecule has 1 unspecified atom stereocenters. The van der Waals surface area contributed by atoms with Crippen molar-refractivity contribution in [2.24, 2.45) is 0 Å². The van der Waals surface area contributed by atoms with Gasteiger partial charge in [0.05, 0.1) is 17.9 Å². The van der Waals surface area contributed by atoms with Gasteiger partial charge in [0.15, 0.2) is 0 Å². The lowest BCUT2D eigenvalue weighted by Gasteiger charge is -2.35. The number of piperidine rings is 1. The number of aromatic nitrogens is 2. The zero-order valence-electron chi connectivity index (χ0n) is 18.2. The fourth-order valence-corrected chi connectivity index (χ4v) is 4.28. The molecular weight excluding hydrogens is 406 g/mol. The molecule has 0 spiro atoms. The first-order valence-corrected chi connectivity index (χ1v) is 11.0. The first-order chi connectivity index (χ1) is 15.5. The lowest BCUT2D eigenvalue weighted by molar-refractivity contribution is -0.129. The molecule has 1 aromatic carbocycles. The summed E-state index contributed by atoms with van der Waals surface area (Å²) in [5, 5.41) is 3.12. The molecule has 9 heteroatoms. The van der Waals surface area contributed by atoms with Gasteiger partial charge in [-0.1, -0.05) is 12.6 Å². The van der Waals surface area contributed by atoms with Gasteiger partial charge in [0.2, 0.25) is 5.91 Å². The van der Waals surface area contributed by atoms with Crippen LogP contribution in [0.5, 0.6) is 6.01 Å². The second-order valence-electron chi connectivity index (χ2n) is 8.34. The van der Waals surface area contributed by atoms with Gasteiger partial charge >= 0.3 is 6.01 Å². The van der Waals surface area contributed by atoms with E-state index in [0.29, 0.717) is 29.1 Å². The van der Waals surface area contributed by atoms with Crippen molar-refractivity contribution in [2.75, 3.05) is 44.2 Å². The summed E-state index contributed by atoms with van der Waals surface area (Å²) < 4.78 is 5.89. The number of nitrogen functional groups attached to an aromatic ring is 2. The molecule has 4 rings (SSSR count). The van der Waals surface area contributed by atoms with E-state index in [0.717, 1.165) is 51.0 Å². The topological polar surface area (TPSA) is 123 Å². The SMILES string of the molecule is C=C(NCC(=O)N1CCC(N2CCC(Oc3ncccn3)CC2)C1)c1ccc(N)c(N)c1. The zero-order chi connectivity index (χ0) is 22.5. The van der Waals surface area contributed by atoms with Crippen molar-refractivity contribution in [1.29, 1.82) is 0 Å². The molecule has 0 saturated carbocycles. The van der Waals surface area contributed by atoms with Crippen LogP contribution < -0.4 is 21.5 Å². The Bertz CT molecular complexity index is 945. The number of hydrogen-bond donors (Lipinski definition) is 3. The van der Waals surface area contributed by atoms with Crippen molar-refractivity contribution < 1.29 is 9.53 Å². The third-order valence-corrected chi connectivity index (χ3v) is 6.21. The molecule has 1 atom stereocenters. The van der Waals surface area contributed by atoms with Gasteiger partial charge in [0.1, 0.15) is 6.10 Å². The highest BCUT2D eigenvalue weighted by molar-refractivity contribution is 5.81. The van der Waals surface area contributed by atoms with Gasteiger partial charge < -0.3 is 26.4 Å². The van der Waals surface area contributed by atoms with Crippen molar-refractivity contribution in [2.45, 2.75) is 31.4 Å². The molecule has 2 fully saturated rings. The first kappa shape index (κ1) is 21.9. The molecule has 170 valence electrons. The number of rotatable bonds is 7. The van der Waals surface area contributed by atoms with Crippen LogP contribution in [0.1, 0.15) is 24.8 Å². The minimum atomic E-state index is 0.0801. The summed E-state index contributed by atoms with van der Waals surface area (Å²) in [6.07, 6.45) is 6.40. The monoisotopic (exact) mass is 437 g/mol. The Hall–Kier alpha value is -3.33. The molecule has 3 heterocycles. The van der Waals surface area contributed by atoms with Crippen LogP contribution in [0.15, 0.2) is 43.2 Å². The summed E-state index contributed by atoms with van der Waals surface area (Å²) >= 11 is 0. The van der Waals surface area contributed by atoms with E-state index in [1.807, 2.05) is 11.0 Å². The standard InChI is InChI=1S/C23H31N7O2/c1-16(17-3-4-20(24)21(25)13-17)28-14-22(31)30-10-5-18(15-30)29-11-6-19(7-12-29)32-23-26-8-2-9-27-23/h2-4,8-9,13,18-19,28H,1,5-7,10-12,14-15,24-25H2. The Balaban J connectivity index is 1.20. The van der Waals surface area contributed by atoms with Gasteiger partial charge in [-0.15, -0.1) is 0 Å². The minimum Gasteiger partial charge on any atom is -0.460 e. The van der Waals surface area contributed by atoms with Crippen LogP contribution in [0.25, 0.3) is 5.70 Å². The molecule has 2 aromatic rings. The first-order valence-electron chi connectivity index (χ1n) is 11.0. The van der Waals surface area contributed by atoms with Crippen LogP contribution >= 0.6 is 0 Å². The molecule has 2 aliphatic rings. The number of anilines is 2. The van der Waals surface area contributed by atoms with Gasteiger partial charge in [0, 0.05) is 50.3 Å².